The molecule has 0 aliphatic carbocycles. The molecule has 8 heteroatoms. The van der Waals surface area contributed by atoms with Crippen molar-refractivity contribution in [1.29, 1.82) is 0 Å². The molecule has 1 amide bonds. The number of H-pyrrole nitrogens is 1. The average molecular weight is 309 g/mol. The number of hydrogen-bond acceptors (Lipinski definition) is 5. The van der Waals surface area contributed by atoms with Crippen LogP contribution in [-0.4, -0.2) is 32.9 Å². The van der Waals surface area contributed by atoms with Crippen molar-refractivity contribution < 1.29 is 9.18 Å². The van der Waals surface area contributed by atoms with Crippen LogP contribution in [0.25, 0.3) is 0 Å². The first-order valence-corrected chi connectivity index (χ1v) is 7.29. The van der Waals surface area contributed by atoms with E-state index in [-0.39, 0.29) is 22.9 Å². The van der Waals surface area contributed by atoms with Crippen molar-refractivity contribution in [2.24, 2.45) is 0 Å². The first-order valence-electron chi connectivity index (χ1n) is 6.41. The van der Waals surface area contributed by atoms with Crippen LogP contribution in [0.15, 0.2) is 29.4 Å². The van der Waals surface area contributed by atoms with Gasteiger partial charge in [0.25, 0.3) is 0 Å². The van der Waals surface area contributed by atoms with Crippen molar-refractivity contribution in [3.05, 3.63) is 35.6 Å². The molecule has 0 saturated carbocycles. The summed E-state index contributed by atoms with van der Waals surface area (Å²) in [5, 5.41) is 9.31. The maximum atomic E-state index is 12.8. The third-order valence-corrected chi connectivity index (χ3v) is 3.72. The van der Waals surface area contributed by atoms with E-state index in [1.165, 1.54) is 23.9 Å². The number of anilines is 1. The molecule has 6 nitrogen and oxygen atoms in total. The van der Waals surface area contributed by atoms with Gasteiger partial charge >= 0.3 is 0 Å². The number of nitrogens with two attached hydrogens (primary N) is 1. The minimum atomic E-state index is -0.326. The largest absolute Gasteiger partial charge is 0.368 e. The van der Waals surface area contributed by atoms with E-state index in [1.807, 2.05) is 0 Å². The van der Waals surface area contributed by atoms with Gasteiger partial charge in [0.15, 0.2) is 0 Å². The van der Waals surface area contributed by atoms with E-state index in [0.29, 0.717) is 18.1 Å². The highest BCUT2D eigenvalue weighted by molar-refractivity contribution is 8.00. The number of hydrogen-bond donors (Lipinski definition) is 3. The second-order valence-corrected chi connectivity index (χ2v) is 5.74. The Morgan fingerprint density at radius 3 is 2.81 bits per heavy atom. The first kappa shape index (κ1) is 15.3. The molecule has 112 valence electrons. The van der Waals surface area contributed by atoms with Crippen molar-refractivity contribution in [3.8, 4) is 0 Å². The summed E-state index contributed by atoms with van der Waals surface area (Å²) in [6.07, 6.45) is 0.650. The molecule has 21 heavy (non-hydrogen) atoms. The summed E-state index contributed by atoms with van der Waals surface area (Å²) in [6.45, 7) is 2.26. The topological polar surface area (TPSA) is 96.7 Å². The molecular formula is C13H16FN5OS. The number of aromatic amines is 1. The standard InChI is InChI=1S/C13H16FN5OS/c1-8(21-13-17-12(15)18-19-13)11(20)16-7-6-9-2-4-10(14)5-3-9/h2-5,8H,6-7H2,1H3,(H,16,20)(H3,15,17,18,19)/t8-/m1/s1. The molecular weight excluding hydrogens is 293 g/mol. The van der Waals surface area contributed by atoms with E-state index < -0.39 is 0 Å². The number of nitrogen functional groups attached to an aromatic ring is 1. The number of benzene rings is 1. The van der Waals surface area contributed by atoms with Crippen LogP contribution >= 0.6 is 11.8 Å². The van der Waals surface area contributed by atoms with Crippen molar-refractivity contribution in [2.45, 2.75) is 23.8 Å². The minimum Gasteiger partial charge on any atom is -0.368 e. The summed E-state index contributed by atoms with van der Waals surface area (Å²) in [6, 6.07) is 6.22. The zero-order valence-corrected chi connectivity index (χ0v) is 12.3. The summed E-state index contributed by atoms with van der Waals surface area (Å²) in [5.74, 6) is -0.148. The summed E-state index contributed by atoms with van der Waals surface area (Å²) >= 11 is 1.23. The van der Waals surface area contributed by atoms with Gasteiger partial charge in [-0.15, -0.1) is 5.10 Å². The fourth-order valence-electron chi connectivity index (χ4n) is 1.65. The maximum absolute atomic E-state index is 12.8. The quantitative estimate of drug-likeness (QED) is 0.700. The number of rotatable bonds is 6. The van der Waals surface area contributed by atoms with Crippen LogP contribution in [0.2, 0.25) is 0 Å². The molecule has 1 atom stereocenters. The van der Waals surface area contributed by atoms with Gasteiger partial charge in [-0.3, -0.25) is 4.79 Å². The van der Waals surface area contributed by atoms with Gasteiger partial charge in [-0.05, 0) is 31.0 Å². The lowest BCUT2D eigenvalue weighted by atomic mass is 10.1. The Kier molecular flexibility index (Phi) is 5.15. The highest BCUT2D eigenvalue weighted by atomic mass is 32.2. The fourth-order valence-corrected chi connectivity index (χ4v) is 2.40. The Labute approximate surface area is 125 Å². The maximum Gasteiger partial charge on any atom is 0.233 e. The monoisotopic (exact) mass is 309 g/mol. The Bertz CT molecular complexity index is 601. The van der Waals surface area contributed by atoms with Crippen LogP contribution in [0.5, 0.6) is 0 Å². The molecule has 2 rings (SSSR count). The highest BCUT2D eigenvalue weighted by Gasteiger charge is 2.16. The van der Waals surface area contributed by atoms with Crippen LogP contribution in [-0.2, 0) is 11.2 Å². The number of aromatic nitrogens is 3. The van der Waals surface area contributed by atoms with Crippen molar-refractivity contribution in [1.82, 2.24) is 20.5 Å². The normalized spacial score (nSPS) is 12.1. The van der Waals surface area contributed by atoms with E-state index in [0.717, 1.165) is 5.56 Å². The van der Waals surface area contributed by atoms with Gasteiger partial charge in [0.2, 0.25) is 17.0 Å². The van der Waals surface area contributed by atoms with Crippen LogP contribution in [0.4, 0.5) is 10.3 Å². The Hall–Kier alpha value is -2.09. The van der Waals surface area contributed by atoms with Crippen molar-refractivity contribution in [2.75, 3.05) is 12.3 Å². The van der Waals surface area contributed by atoms with E-state index in [1.54, 1.807) is 19.1 Å². The number of amides is 1. The van der Waals surface area contributed by atoms with Gasteiger partial charge in [0.05, 0.1) is 5.25 Å². The average Bonchev–Trinajstić information content (AvgIpc) is 2.86. The lowest BCUT2D eigenvalue weighted by Gasteiger charge is -2.10. The predicted molar refractivity (Wildman–Crippen MR) is 79.2 cm³/mol. The number of thioether (sulfide) groups is 1. The Morgan fingerprint density at radius 2 is 2.19 bits per heavy atom. The molecule has 0 saturated heterocycles. The van der Waals surface area contributed by atoms with Crippen molar-refractivity contribution in [3.63, 3.8) is 0 Å². The number of halogens is 1. The lowest BCUT2D eigenvalue weighted by molar-refractivity contribution is -0.120. The molecule has 1 aromatic carbocycles. The number of nitrogens with zero attached hydrogens (tertiary/aromatic N) is 2. The van der Waals surface area contributed by atoms with Crippen molar-refractivity contribution >= 4 is 23.6 Å². The Morgan fingerprint density at radius 1 is 1.48 bits per heavy atom. The molecule has 0 bridgehead atoms. The van der Waals surface area contributed by atoms with Gasteiger partial charge in [0, 0.05) is 6.54 Å². The zero-order valence-electron chi connectivity index (χ0n) is 11.5. The molecule has 1 aromatic heterocycles. The summed E-state index contributed by atoms with van der Waals surface area (Å²) in [4.78, 5) is 15.8. The van der Waals surface area contributed by atoms with E-state index in [9.17, 15) is 9.18 Å². The van der Waals surface area contributed by atoms with E-state index >= 15 is 0 Å². The molecule has 0 unspecified atom stereocenters. The first-order chi connectivity index (χ1) is 10.0. The third-order valence-electron chi connectivity index (χ3n) is 2.76. The van der Waals surface area contributed by atoms with E-state index in [2.05, 4.69) is 20.5 Å². The van der Waals surface area contributed by atoms with Crippen LogP contribution in [0, 0.1) is 5.82 Å². The molecule has 0 radical (unpaired) electrons. The number of carbonyl (C=O) groups is 1. The second-order valence-electron chi connectivity index (χ2n) is 4.43. The lowest BCUT2D eigenvalue weighted by Crippen LogP contribution is -2.32. The van der Waals surface area contributed by atoms with Crippen LogP contribution in [0.1, 0.15) is 12.5 Å². The van der Waals surface area contributed by atoms with Gasteiger partial charge in [-0.2, -0.15) is 4.98 Å². The summed E-state index contributed by atoms with van der Waals surface area (Å²) in [5.41, 5.74) is 6.39. The number of nitrogens with one attached hydrogen (secondary N) is 2. The highest BCUT2D eigenvalue weighted by Crippen LogP contribution is 2.19. The summed E-state index contributed by atoms with van der Waals surface area (Å²) < 4.78 is 12.8. The molecule has 0 aliphatic heterocycles. The molecule has 1 heterocycles. The smallest absolute Gasteiger partial charge is 0.233 e. The summed E-state index contributed by atoms with van der Waals surface area (Å²) in [7, 11) is 0. The Balaban J connectivity index is 1.74. The SMILES string of the molecule is C[C@@H](Sc1n[nH]c(N)n1)C(=O)NCCc1ccc(F)cc1. The van der Waals surface area contributed by atoms with Gasteiger partial charge in [-0.1, -0.05) is 23.9 Å². The van der Waals surface area contributed by atoms with Gasteiger partial charge in [0.1, 0.15) is 5.82 Å². The molecule has 4 N–H and O–H groups in total. The van der Waals surface area contributed by atoms with Gasteiger partial charge < -0.3 is 11.1 Å². The predicted octanol–water partition coefficient (Wildman–Crippen LogP) is 1.37. The van der Waals surface area contributed by atoms with Crippen LogP contribution < -0.4 is 11.1 Å². The molecule has 0 spiro atoms. The fraction of sp³-hybridized carbons (Fsp3) is 0.308. The van der Waals surface area contributed by atoms with E-state index in [4.69, 9.17) is 5.73 Å². The van der Waals surface area contributed by atoms with Gasteiger partial charge in [-0.25, -0.2) is 9.49 Å². The number of carbonyl (C=O) groups excluding carboxylic acids is 1. The second kappa shape index (κ2) is 7.07. The molecule has 0 fully saturated rings. The zero-order chi connectivity index (χ0) is 15.2. The minimum absolute atomic E-state index is 0.106. The molecule has 0 aliphatic rings. The third kappa shape index (κ3) is 4.75. The molecule has 2 aromatic rings. The van der Waals surface area contributed by atoms with Crippen LogP contribution in [0.3, 0.4) is 0 Å².